The fourth-order valence-corrected chi connectivity index (χ4v) is 2.79. The lowest BCUT2D eigenvalue weighted by Crippen LogP contribution is -2.43. The molecule has 0 aliphatic carbocycles. The van der Waals surface area contributed by atoms with Gasteiger partial charge in [-0.05, 0) is 12.3 Å². The van der Waals surface area contributed by atoms with Gasteiger partial charge in [0.25, 0.3) is 5.56 Å². The van der Waals surface area contributed by atoms with Crippen molar-refractivity contribution in [2.45, 2.75) is 26.8 Å². The highest BCUT2D eigenvalue weighted by molar-refractivity contribution is 5.63. The van der Waals surface area contributed by atoms with E-state index in [4.69, 9.17) is 5.73 Å². The Hall–Kier alpha value is -1.76. The predicted octanol–water partition coefficient (Wildman–Crippen LogP) is -0.396. The molecule has 1 unspecified atom stereocenters. The first-order chi connectivity index (χ1) is 9.86. The minimum absolute atomic E-state index is 0.0996. The number of nitrogens with zero attached hydrogens (tertiary/aromatic N) is 3. The summed E-state index contributed by atoms with van der Waals surface area (Å²) in [5.74, 6) is 0.633. The maximum Gasteiger partial charge on any atom is 0.332 e. The van der Waals surface area contributed by atoms with Gasteiger partial charge in [0.15, 0.2) is 0 Å². The van der Waals surface area contributed by atoms with Crippen LogP contribution in [-0.2, 0) is 13.6 Å². The summed E-state index contributed by atoms with van der Waals surface area (Å²) < 4.78 is 2.58. The lowest BCUT2D eigenvalue weighted by atomic mass is 10.1. The molecule has 1 saturated heterocycles. The topological polar surface area (TPSA) is 93.5 Å². The lowest BCUT2D eigenvalue weighted by Gasteiger charge is -2.23. The average Bonchev–Trinajstić information content (AvgIpc) is 2.90. The Morgan fingerprint density at radius 3 is 2.57 bits per heavy atom. The first-order valence-electron chi connectivity index (χ1n) is 7.31. The van der Waals surface area contributed by atoms with Crippen molar-refractivity contribution in [3.63, 3.8) is 0 Å². The van der Waals surface area contributed by atoms with Crippen LogP contribution in [0.2, 0.25) is 0 Å². The molecule has 0 spiro atoms. The summed E-state index contributed by atoms with van der Waals surface area (Å²) in [6.07, 6.45) is 0.822. The molecule has 0 radical (unpaired) electrons. The molecule has 1 atom stereocenters. The van der Waals surface area contributed by atoms with E-state index in [0.29, 0.717) is 25.3 Å². The molecule has 0 aromatic carbocycles. The number of aromatic nitrogens is 2. The van der Waals surface area contributed by atoms with Crippen LogP contribution in [-0.4, -0.2) is 33.9 Å². The summed E-state index contributed by atoms with van der Waals surface area (Å²) in [4.78, 5) is 26.5. The molecule has 1 aliphatic heterocycles. The molecule has 1 fully saturated rings. The van der Waals surface area contributed by atoms with E-state index in [2.05, 4.69) is 0 Å². The van der Waals surface area contributed by atoms with Crippen LogP contribution in [0.5, 0.6) is 0 Å². The van der Waals surface area contributed by atoms with Crippen LogP contribution in [0.25, 0.3) is 0 Å². The minimum Gasteiger partial charge on any atom is -0.396 e. The predicted molar refractivity (Wildman–Crippen MR) is 82.6 cm³/mol. The average molecular weight is 296 g/mol. The van der Waals surface area contributed by atoms with Crippen LogP contribution < -0.4 is 21.9 Å². The van der Waals surface area contributed by atoms with Crippen molar-refractivity contribution in [3.8, 4) is 0 Å². The van der Waals surface area contributed by atoms with Crippen LogP contribution in [0.3, 0.4) is 0 Å². The van der Waals surface area contributed by atoms with Crippen LogP contribution in [0.1, 0.15) is 20.3 Å². The van der Waals surface area contributed by atoms with E-state index in [-0.39, 0.29) is 35.5 Å². The van der Waals surface area contributed by atoms with Crippen LogP contribution in [0.15, 0.2) is 9.59 Å². The Morgan fingerprint density at radius 2 is 2.05 bits per heavy atom. The molecule has 1 aromatic rings. The summed E-state index contributed by atoms with van der Waals surface area (Å²) in [6, 6.07) is 0. The molecule has 2 heterocycles. The van der Waals surface area contributed by atoms with Crippen LogP contribution >= 0.6 is 0 Å². The summed E-state index contributed by atoms with van der Waals surface area (Å²) in [7, 11) is 1.48. The molecule has 7 heteroatoms. The first-order valence-corrected chi connectivity index (χ1v) is 7.31. The van der Waals surface area contributed by atoms with Crippen molar-refractivity contribution in [2.75, 3.05) is 30.3 Å². The van der Waals surface area contributed by atoms with Gasteiger partial charge in [-0.2, -0.15) is 0 Å². The van der Waals surface area contributed by atoms with Crippen molar-refractivity contribution in [1.82, 2.24) is 9.13 Å². The summed E-state index contributed by atoms with van der Waals surface area (Å²) in [5.41, 5.74) is 5.75. The second-order valence-electron chi connectivity index (χ2n) is 6.17. The third kappa shape index (κ3) is 2.83. The van der Waals surface area contributed by atoms with E-state index in [0.717, 1.165) is 11.0 Å². The molecule has 7 nitrogen and oxygen atoms in total. The van der Waals surface area contributed by atoms with Crippen LogP contribution in [0.4, 0.5) is 11.5 Å². The number of nitrogens with two attached hydrogens (primary N) is 1. The Labute approximate surface area is 123 Å². The van der Waals surface area contributed by atoms with E-state index in [1.165, 1.54) is 11.6 Å². The van der Waals surface area contributed by atoms with E-state index in [1.54, 1.807) is 0 Å². The first kappa shape index (κ1) is 15.6. The molecule has 2 rings (SSSR count). The van der Waals surface area contributed by atoms with Crippen molar-refractivity contribution in [1.29, 1.82) is 0 Å². The largest absolute Gasteiger partial charge is 0.396 e. The number of hydrogen-bond donors (Lipinski definition) is 2. The Bertz CT molecular complexity index is 632. The summed E-state index contributed by atoms with van der Waals surface area (Å²) in [5, 5.41) is 9.25. The Morgan fingerprint density at radius 1 is 1.38 bits per heavy atom. The van der Waals surface area contributed by atoms with Crippen molar-refractivity contribution < 1.29 is 5.11 Å². The number of hydrogen-bond acceptors (Lipinski definition) is 5. The van der Waals surface area contributed by atoms with Crippen molar-refractivity contribution in [3.05, 3.63) is 20.8 Å². The second-order valence-corrected chi connectivity index (χ2v) is 6.17. The zero-order valence-electron chi connectivity index (χ0n) is 12.9. The maximum absolute atomic E-state index is 12.4. The monoisotopic (exact) mass is 296 g/mol. The number of aliphatic hydroxyl groups excluding tert-OH is 1. The molecule has 21 heavy (non-hydrogen) atoms. The zero-order chi connectivity index (χ0) is 15.7. The highest BCUT2D eigenvalue weighted by atomic mass is 16.3. The van der Waals surface area contributed by atoms with Crippen molar-refractivity contribution in [2.24, 2.45) is 18.9 Å². The van der Waals surface area contributed by atoms with Gasteiger partial charge in [0.2, 0.25) is 0 Å². The fraction of sp³-hybridized carbons (Fsp3) is 0.714. The molecule has 118 valence electrons. The molecule has 1 aromatic heterocycles. The van der Waals surface area contributed by atoms with E-state index in [1.807, 2.05) is 18.7 Å². The van der Waals surface area contributed by atoms with Gasteiger partial charge in [0.05, 0.1) is 0 Å². The molecular formula is C14H24N4O3. The standard InChI is InChI=1S/C14H24N4O3/c1-9(2)6-18-12(15)11(13(20)16(3)14(18)21)17-5-4-10(7-17)8-19/h9-10,19H,4-8,15H2,1-3H3. The van der Waals surface area contributed by atoms with E-state index < -0.39 is 0 Å². The van der Waals surface area contributed by atoms with Gasteiger partial charge in [0.1, 0.15) is 11.5 Å². The smallest absolute Gasteiger partial charge is 0.332 e. The summed E-state index contributed by atoms with van der Waals surface area (Å²) >= 11 is 0. The fourth-order valence-electron chi connectivity index (χ4n) is 2.79. The molecule has 0 saturated carbocycles. The highest BCUT2D eigenvalue weighted by Gasteiger charge is 2.27. The van der Waals surface area contributed by atoms with E-state index in [9.17, 15) is 14.7 Å². The zero-order valence-corrected chi connectivity index (χ0v) is 12.9. The second kappa shape index (κ2) is 5.93. The van der Waals surface area contributed by atoms with Gasteiger partial charge in [0, 0.05) is 39.2 Å². The molecule has 3 N–H and O–H groups in total. The van der Waals surface area contributed by atoms with Gasteiger partial charge in [-0.1, -0.05) is 13.8 Å². The molecule has 1 aliphatic rings. The summed E-state index contributed by atoms with van der Waals surface area (Å²) in [6.45, 7) is 5.83. The van der Waals surface area contributed by atoms with Gasteiger partial charge < -0.3 is 15.7 Å². The number of nitrogen functional groups attached to an aromatic ring is 1. The maximum atomic E-state index is 12.4. The van der Waals surface area contributed by atoms with Gasteiger partial charge in [-0.3, -0.25) is 13.9 Å². The molecular weight excluding hydrogens is 272 g/mol. The highest BCUT2D eigenvalue weighted by Crippen LogP contribution is 2.25. The SMILES string of the molecule is CC(C)Cn1c(N)c(N2CCC(CO)C2)c(=O)n(C)c1=O. The third-order valence-electron chi connectivity index (χ3n) is 3.97. The van der Waals surface area contributed by atoms with Gasteiger partial charge >= 0.3 is 5.69 Å². The number of aliphatic hydroxyl groups is 1. The third-order valence-corrected chi connectivity index (χ3v) is 3.97. The van der Waals surface area contributed by atoms with Crippen LogP contribution in [0, 0.1) is 11.8 Å². The van der Waals surface area contributed by atoms with E-state index >= 15 is 0 Å². The number of anilines is 2. The van der Waals surface area contributed by atoms with Gasteiger partial charge in [-0.25, -0.2) is 4.79 Å². The molecule has 0 amide bonds. The lowest BCUT2D eigenvalue weighted by molar-refractivity contribution is 0.238. The normalized spacial score (nSPS) is 18.7. The van der Waals surface area contributed by atoms with Gasteiger partial charge in [-0.15, -0.1) is 0 Å². The molecule has 0 bridgehead atoms. The Balaban J connectivity index is 2.53. The number of rotatable bonds is 4. The minimum atomic E-state index is -0.382. The quantitative estimate of drug-likeness (QED) is 0.789. The Kier molecular flexibility index (Phi) is 4.41. The van der Waals surface area contributed by atoms with Crippen molar-refractivity contribution >= 4 is 11.5 Å².